The van der Waals surface area contributed by atoms with Gasteiger partial charge in [0.05, 0.1) is 19.2 Å². The van der Waals surface area contributed by atoms with Crippen molar-refractivity contribution in [2.24, 2.45) is 5.92 Å². The van der Waals surface area contributed by atoms with Gasteiger partial charge in [0.15, 0.2) is 11.5 Å². The fourth-order valence-electron chi connectivity index (χ4n) is 4.33. The summed E-state index contributed by atoms with van der Waals surface area (Å²) in [5.74, 6) is 2.69. The molecular formula is C28H31N5O2. The van der Waals surface area contributed by atoms with Gasteiger partial charge in [0, 0.05) is 28.5 Å². The maximum absolute atomic E-state index is 6.20. The second-order valence-electron chi connectivity index (χ2n) is 8.99. The molecule has 180 valence electrons. The number of likely N-dealkylation sites (tertiary alicyclic amines) is 1. The molecule has 0 bridgehead atoms. The molecule has 1 aromatic heterocycles. The van der Waals surface area contributed by atoms with Gasteiger partial charge in [0.25, 0.3) is 0 Å². The minimum Gasteiger partial charge on any atom is -0.493 e. The second-order valence-corrected chi connectivity index (χ2v) is 8.99. The SMILES string of the molecule is COc1cc2c(Nc3ccc(Nc4ccccc4)cc3)ncnc2cc1OCC1CCN(C)CC1. The number of rotatable bonds is 8. The van der Waals surface area contributed by atoms with Crippen molar-refractivity contribution in [1.82, 2.24) is 14.9 Å². The van der Waals surface area contributed by atoms with Crippen LogP contribution in [0.25, 0.3) is 10.9 Å². The number of nitrogens with one attached hydrogen (secondary N) is 2. The molecule has 5 rings (SSSR count). The number of fused-ring (bicyclic) bond motifs is 1. The average Bonchev–Trinajstić information content (AvgIpc) is 2.90. The van der Waals surface area contributed by atoms with Crippen molar-refractivity contribution in [3.63, 3.8) is 0 Å². The molecule has 1 saturated heterocycles. The lowest BCUT2D eigenvalue weighted by molar-refractivity contribution is 0.157. The van der Waals surface area contributed by atoms with Gasteiger partial charge in [-0.2, -0.15) is 0 Å². The molecule has 1 fully saturated rings. The van der Waals surface area contributed by atoms with Crippen molar-refractivity contribution in [2.45, 2.75) is 12.8 Å². The molecular weight excluding hydrogens is 438 g/mol. The number of benzene rings is 3. The number of nitrogens with zero attached hydrogens (tertiary/aromatic N) is 3. The Bertz CT molecular complexity index is 1260. The van der Waals surface area contributed by atoms with Gasteiger partial charge >= 0.3 is 0 Å². The predicted octanol–water partition coefficient (Wildman–Crippen LogP) is 5.85. The fourth-order valence-corrected chi connectivity index (χ4v) is 4.33. The van der Waals surface area contributed by atoms with E-state index in [1.54, 1.807) is 13.4 Å². The summed E-state index contributed by atoms with van der Waals surface area (Å²) < 4.78 is 11.9. The van der Waals surface area contributed by atoms with Gasteiger partial charge in [-0.3, -0.25) is 0 Å². The summed E-state index contributed by atoms with van der Waals surface area (Å²) in [6.45, 7) is 2.93. The molecule has 1 aliphatic heterocycles. The highest BCUT2D eigenvalue weighted by atomic mass is 16.5. The Labute approximate surface area is 206 Å². The molecule has 35 heavy (non-hydrogen) atoms. The highest BCUT2D eigenvalue weighted by Gasteiger charge is 2.19. The molecule has 1 aliphatic rings. The molecule has 2 heterocycles. The zero-order valence-corrected chi connectivity index (χ0v) is 20.2. The molecule has 4 aromatic rings. The largest absolute Gasteiger partial charge is 0.493 e. The molecule has 2 N–H and O–H groups in total. The summed E-state index contributed by atoms with van der Waals surface area (Å²) in [5.41, 5.74) is 3.81. The Kier molecular flexibility index (Phi) is 6.95. The van der Waals surface area contributed by atoms with E-state index in [0.717, 1.165) is 65.5 Å². The van der Waals surface area contributed by atoms with Crippen LogP contribution in [0, 0.1) is 5.92 Å². The van der Waals surface area contributed by atoms with Crippen LogP contribution < -0.4 is 20.1 Å². The van der Waals surface area contributed by atoms with E-state index in [1.165, 1.54) is 0 Å². The van der Waals surface area contributed by atoms with Crippen molar-refractivity contribution in [1.29, 1.82) is 0 Å². The monoisotopic (exact) mass is 469 g/mol. The first-order valence-electron chi connectivity index (χ1n) is 12.0. The van der Waals surface area contributed by atoms with Gasteiger partial charge in [-0.25, -0.2) is 9.97 Å². The highest BCUT2D eigenvalue weighted by molar-refractivity contribution is 5.93. The van der Waals surface area contributed by atoms with Crippen LogP contribution in [0.1, 0.15) is 12.8 Å². The lowest BCUT2D eigenvalue weighted by Gasteiger charge is -2.28. The molecule has 0 saturated carbocycles. The topological polar surface area (TPSA) is 71.5 Å². The van der Waals surface area contributed by atoms with Crippen molar-refractivity contribution < 1.29 is 9.47 Å². The molecule has 0 atom stereocenters. The minimum atomic E-state index is 0.564. The highest BCUT2D eigenvalue weighted by Crippen LogP contribution is 2.35. The number of methoxy groups -OCH3 is 1. The fraction of sp³-hybridized carbons (Fsp3) is 0.286. The number of hydrogen-bond donors (Lipinski definition) is 2. The smallest absolute Gasteiger partial charge is 0.163 e. The van der Waals surface area contributed by atoms with Gasteiger partial charge < -0.3 is 25.0 Å². The predicted molar refractivity (Wildman–Crippen MR) is 141 cm³/mol. The Hall–Kier alpha value is -3.84. The van der Waals surface area contributed by atoms with Crippen LogP contribution in [0.15, 0.2) is 73.1 Å². The van der Waals surface area contributed by atoms with Gasteiger partial charge in [-0.05, 0) is 81.4 Å². The van der Waals surface area contributed by atoms with Crippen molar-refractivity contribution in [3.05, 3.63) is 73.1 Å². The number of piperidine rings is 1. The van der Waals surface area contributed by atoms with E-state index < -0.39 is 0 Å². The van der Waals surface area contributed by atoms with E-state index in [2.05, 4.69) is 32.5 Å². The summed E-state index contributed by atoms with van der Waals surface area (Å²) in [6, 6.07) is 22.1. The molecule has 7 heteroatoms. The van der Waals surface area contributed by atoms with Crippen LogP contribution in [0.2, 0.25) is 0 Å². The van der Waals surface area contributed by atoms with Gasteiger partial charge in [0.2, 0.25) is 0 Å². The molecule has 3 aromatic carbocycles. The third-order valence-corrected chi connectivity index (χ3v) is 6.44. The zero-order chi connectivity index (χ0) is 24.0. The number of ether oxygens (including phenoxy) is 2. The maximum Gasteiger partial charge on any atom is 0.163 e. The van der Waals surface area contributed by atoms with Crippen molar-refractivity contribution in [3.8, 4) is 11.5 Å². The summed E-state index contributed by atoms with van der Waals surface area (Å²) in [4.78, 5) is 11.3. The minimum absolute atomic E-state index is 0.564. The summed E-state index contributed by atoms with van der Waals surface area (Å²) in [5, 5.41) is 7.69. The maximum atomic E-state index is 6.20. The van der Waals surface area contributed by atoms with E-state index in [0.29, 0.717) is 18.3 Å². The van der Waals surface area contributed by atoms with E-state index in [1.807, 2.05) is 66.7 Å². The van der Waals surface area contributed by atoms with E-state index in [9.17, 15) is 0 Å². The molecule has 0 unspecified atom stereocenters. The third kappa shape index (κ3) is 5.63. The Morgan fingerprint density at radius 1 is 0.857 bits per heavy atom. The van der Waals surface area contributed by atoms with Crippen molar-refractivity contribution in [2.75, 3.05) is 44.5 Å². The van der Waals surface area contributed by atoms with E-state index in [4.69, 9.17) is 9.47 Å². The summed E-state index contributed by atoms with van der Waals surface area (Å²) >= 11 is 0. The van der Waals surface area contributed by atoms with E-state index in [-0.39, 0.29) is 0 Å². The van der Waals surface area contributed by atoms with Gasteiger partial charge in [-0.15, -0.1) is 0 Å². The average molecular weight is 470 g/mol. The first-order chi connectivity index (χ1) is 17.2. The van der Waals surface area contributed by atoms with E-state index >= 15 is 0 Å². The first-order valence-corrected chi connectivity index (χ1v) is 12.0. The lowest BCUT2D eigenvalue weighted by atomic mass is 9.98. The molecule has 0 aliphatic carbocycles. The van der Waals surface area contributed by atoms with Crippen LogP contribution in [-0.2, 0) is 0 Å². The quantitative estimate of drug-likeness (QED) is 0.336. The van der Waals surface area contributed by atoms with Crippen LogP contribution in [-0.4, -0.2) is 48.7 Å². The summed E-state index contributed by atoms with van der Waals surface area (Å²) in [7, 11) is 3.84. The lowest BCUT2D eigenvalue weighted by Crippen LogP contribution is -2.32. The van der Waals surface area contributed by atoms with Crippen LogP contribution in [0.3, 0.4) is 0 Å². The van der Waals surface area contributed by atoms with Crippen LogP contribution >= 0.6 is 0 Å². The van der Waals surface area contributed by atoms with Crippen LogP contribution in [0.5, 0.6) is 11.5 Å². The normalized spacial score (nSPS) is 14.6. The van der Waals surface area contributed by atoms with Gasteiger partial charge in [-0.1, -0.05) is 18.2 Å². The Morgan fingerprint density at radius 2 is 1.54 bits per heavy atom. The molecule has 0 radical (unpaired) electrons. The van der Waals surface area contributed by atoms with Crippen LogP contribution in [0.4, 0.5) is 22.9 Å². The molecule has 0 spiro atoms. The Morgan fingerprint density at radius 3 is 2.26 bits per heavy atom. The second kappa shape index (κ2) is 10.6. The zero-order valence-electron chi connectivity index (χ0n) is 20.2. The Balaban J connectivity index is 1.31. The number of aromatic nitrogens is 2. The summed E-state index contributed by atoms with van der Waals surface area (Å²) in [6.07, 6.45) is 3.88. The van der Waals surface area contributed by atoms with Crippen molar-refractivity contribution >= 4 is 33.8 Å². The first kappa shape index (κ1) is 22.9. The molecule has 7 nitrogen and oxygen atoms in total. The third-order valence-electron chi connectivity index (χ3n) is 6.44. The van der Waals surface area contributed by atoms with Gasteiger partial charge in [0.1, 0.15) is 12.1 Å². The number of para-hydroxylation sites is 1. The molecule has 0 amide bonds. The standard InChI is InChI=1S/C28H31N5O2/c1-33-14-12-20(13-15-33)18-35-27-17-25-24(16-26(27)34-2)28(30-19-29-25)32-23-10-8-22(9-11-23)31-21-6-4-3-5-7-21/h3-11,16-17,19-20,31H,12-15,18H2,1-2H3,(H,29,30,32). The number of anilines is 4. The number of hydrogen-bond acceptors (Lipinski definition) is 7.